The molecule has 1 atom stereocenters. The van der Waals surface area contributed by atoms with Gasteiger partial charge in [-0.2, -0.15) is 0 Å². The number of hydrogen-bond donors (Lipinski definition) is 3. The lowest BCUT2D eigenvalue weighted by Gasteiger charge is -2.10. The molecule has 1 aliphatic rings. The second-order valence-corrected chi connectivity index (χ2v) is 3.76. The van der Waals surface area contributed by atoms with Crippen LogP contribution in [0.25, 0.3) is 0 Å². The number of rotatable bonds is 3. The van der Waals surface area contributed by atoms with Crippen molar-refractivity contribution in [1.82, 2.24) is 5.32 Å². The molecule has 0 spiro atoms. The standard InChI is InChI=1S/C11H15N3O/c1-7-2-3-9-8(6-7)10(11(15)14-9)13-5-4-12/h2-3,6,10,13H,4-5,12H2,1H3,(H,14,15). The Bertz CT molecular complexity index is 389. The van der Waals surface area contributed by atoms with Crippen LogP contribution in [0.4, 0.5) is 5.69 Å². The van der Waals surface area contributed by atoms with Crippen LogP contribution in [-0.2, 0) is 4.79 Å². The molecular weight excluding hydrogens is 190 g/mol. The SMILES string of the molecule is Cc1ccc2c(c1)C(NCCN)C(=O)N2. The lowest BCUT2D eigenvalue weighted by molar-refractivity contribution is -0.117. The van der Waals surface area contributed by atoms with Crippen LogP contribution in [0.5, 0.6) is 0 Å². The number of nitrogens with one attached hydrogen (secondary N) is 2. The number of anilines is 1. The summed E-state index contributed by atoms with van der Waals surface area (Å²) in [5, 5.41) is 5.97. The van der Waals surface area contributed by atoms with E-state index in [2.05, 4.69) is 10.6 Å². The number of aryl methyl sites for hydroxylation is 1. The van der Waals surface area contributed by atoms with Crippen LogP contribution in [-0.4, -0.2) is 19.0 Å². The Labute approximate surface area is 88.9 Å². The quantitative estimate of drug-likeness (QED) is 0.674. The molecule has 1 aromatic carbocycles. The van der Waals surface area contributed by atoms with Crippen molar-refractivity contribution < 1.29 is 4.79 Å². The molecule has 1 unspecified atom stereocenters. The number of nitrogens with two attached hydrogens (primary N) is 1. The van der Waals surface area contributed by atoms with Gasteiger partial charge >= 0.3 is 0 Å². The van der Waals surface area contributed by atoms with Crippen molar-refractivity contribution in [2.24, 2.45) is 5.73 Å². The normalized spacial score (nSPS) is 18.8. The topological polar surface area (TPSA) is 67.1 Å². The first kappa shape index (κ1) is 10.1. The molecule has 0 aliphatic carbocycles. The highest BCUT2D eigenvalue weighted by Crippen LogP contribution is 2.31. The fourth-order valence-electron chi connectivity index (χ4n) is 1.81. The first-order chi connectivity index (χ1) is 7.22. The van der Waals surface area contributed by atoms with Gasteiger partial charge in [-0.25, -0.2) is 0 Å². The maximum Gasteiger partial charge on any atom is 0.246 e. The van der Waals surface area contributed by atoms with E-state index in [1.165, 1.54) is 0 Å². The molecule has 0 aromatic heterocycles. The van der Waals surface area contributed by atoms with Crippen LogP contribution in [0.15, 0.2) is 18.2 Å². The highest BCUT2D eigenvalue weighted by atomic mass is 16.2. The van der Waals surface area contributed by atoms with E-state index in [4.69, 9.17) is 5.73 Å². The van der Waals surface area contributed by atoms with E-state index in [9.17, 15) is 4.79 Å². The average Bonchev–Trinajstić information content (AvgIpc) is 2.51. The predicted molar refractivity (Wildman–Crippen MR) is 59.6 cm³/mol. The molecule has 15 heavy (non-hydrogen) atoms. The summed E-state index contributed by atoms with van der Waals surface area (Å²) >= 11 is 0. The fraction of sp³-hybridized carbons (Fsp3) is 0.364. The third kappa shape index (κ3) is 1.86. The van der Waals surface area contributed by atoms with Gasteiger partial charge in [-0.15, -0.1) is 0 Å². The molecule has 0 saturated carbocycles. The van der Waals surface area contributed by atoms with Gasteiger partial charge in [0.05, 0.1) is 0 Å². The summed E-state index contributed by atoms with van der Waals surface area (Å²) in [5.74, 6) is 0.00375. The van der Waals surface area contributed by atoms with E-state index in [0.29, 0.717) is 13.1 Å². The van der Waals surface area contributed by atoms with Crippen LogP contribution in [0, 0.1) is 6.92 Å². The van der Waals surface area contributed by atoms with Gasteiger partial charge < -0.3 is 16.4 Å². The summed E-state index contributed by atoms with van der Waals surface area (Å²) in [5.41, 5.74) is 8.49. The smallest absolute Gasteiger partial charge is 0.246 e. The molecule has 0 fully saturated rings. The minimum Gasteiger partial charge on any atom is -0.329 e. The van der Waals surface area contributed by atoms with Crippen molar-refractivity contribution in [2.45, 2.75) is 13.0 Å². The summed E-state index contributed by atoms with van der Waals surface area (Å²) in [6.07, 6.45) is 0. The first-order valence-corrected chi connectivity index (χ1v) is 5.07. The van der Waals surface area contributed by atoms with E-state index >= 15 is 0 Å². The zero-order valence-electron chi connectivity index (χ0n) is 8.71. The summed E-state index contributed by atoms with van der Waals surface area (Å²) in [4.78, 5) is 11.6. The zero-order chi connectivity index (χ0) is 10.8. The summed E-state index contributed by atoms with van der Waals surface area (Å²) < 4.78 is 0. The summed E-state index contributed by atoms with van der Waals surface area (Å²) in [6.45, 7) is 3.19. The van der Waals surface area contributed by atoms with Gasteiger partial charge in [0, 0.05) is 24.3 Å². The summed E-state index contributed by atoms with van der Waals surface area (Å²) in [7, 11) is 0. The van der Waals surface area contributed by atoms with E-state index in [-0.39, 0.29) is 11.9 Å². The first-order valence-electron chi connectivity index (χ1n) is 5.07. The number of fused-ring (bicyclic) bond motifs is 1. The van der Waals surface area contributed by atoms with Crippen LogP contribution in [0.1, 0.15) is 17.2 Å². The zero-order valence-corrected chi connectivity index (χ0v) is 8.71. The Hall–Kier alpha value is -1.39. The Morgan fingerprint density at radius 1 is 1.53 bits per heavy atom. The van der Waals surface area contributed by atoms with Crippen LogP contribution < -0.4 is 16.4 Å². The van der Waals surface area contributed by atoms with Gasteiger partial charge in [0.25, 0.3) is 0 Å². The number of amides is 1. The molecule has 1 heterocycles. The molecular formula is C11H15N3O. The van der Waals surface area contributed by atoms with Crippen molar-refractivity contribution in [2.75, 3.05) is 18.4 Å². The number of benzene rings is 1. The van der Waals surface area contributed by atoms with E-state index in [1.54, 1.807) is 0 Å². The Morgan fingerprint density at radius 2 is 2.33 bits per heavy atom. The molecule has 1 aliphatic heterocycles. The maximum absolute atomic E-state index is 11.6. The van der Waals surface area contributed by atoms with E-state index in [1.807, 2.05) is 25.1 Å². The fourth-order valence-corrected chi connectivity index (χ4v) is 1.81. The summed E-state index contributed by atoms with van der Waals surface area (Å²) in [6, 6.07) is 5.71. The van der Waals surface area contributed by atoms with Crippen LogP contribution in [0.3, 0.4) is 0 Å². The molecule has 4 nitrogen and oxygen atoms in total. The van der Waals surface area contributed by atoms with Gasteiger partial charge in [-0.3, -0.25) is 4.79 Å². The second kappa shape index (κ2) is 4.00. The molecule has 2 rings (SSSR count). The molecule has 1 aromatic rings. The Balaban J connectivity index is 2.27. The molecule has 0 radical (unpaired) electrons. The monoisotopic (exact) mass is 205 g/mol. The largest absolute Gasteiger partial charge is 0.329 e. The lowest BCUT2D eigenvalue weighted by Crippen LogP contribution is -2.31. The maximum atomic E-state index is 11.6. The van der Waals surface area contributed by atoms with Crippen molar-refractivity contribution in [1.29, 1.82) is 0 Å². The Kier molecular flexibility index (Phi) is 2.70. The van der Waals surface area contributed by atoms with E-state index in [0.717, 1.165) is 16.8 Å². The van der Waals surface area contributed by atoms with Gasteiger partial charge in [0.2, 0.25) is 5.91 Å². The Morgan fingerprint density at radius 3 is 3.07 bits per heavy atom. The highest BCUT2D eigenvalue weighted by Gasteiger charge is 2.29. The van der Waals surface area contributed by atoms with Gasteiger partial charge in [0.15, 0.2) is 0 Å². The van der Waals surface area contributed by atoms with Gasteiger partial charge in [-0.05, 0) is 13.0 Å². The molecule has 4 heteroatoms. The van der Waals surface area contributed by atoms with Gasteiger partial charge in [-0.1, -0.05) is 17.7 Å². The van der Waals surface area contributed by atoms with Crippen molar-refractivity contribution in [3.05, 3.63) is 29.3 Å². The van der Waals surface area contributed by atoms with Crippen LogP contribution >= 0.6 is 0 Å². The predicted octanol–water partition coefficient (Wildman–Crippen LogP) is 0.537. The third-order valence-corrected chi connectivity index (χ3v) is 2.53. The van der Waals surface area contributed by atoms with E-state index < -0.39 is 0 Å². The molecule has 80 valence electrons. The third-order valence-electron chi connectivity index (χ3n) is 2.53. The average molecular weight is 205 g/mol. The minimum atomic E-state index is -0.247. The minimum absolute atomic E-state index is 0.00375. The molecule has 0 bridgehead atoms. The van der Waals surface area contributed by atoms with Crippen molar-refractivity contribution in [3.8, 4) is 0 Å². The molecule has 1 amide bonds. The van der Waals surface area contributed by atoms with Crippen molar-refractivity contribution >= 4 is 11.6 Å². The second-order valence-electron chi connectivity index (χ2n) is 3.76. The van der Waals surface area contributed by atoms with Crippen molar-refractivity contribution in [3.63, 3.8) is 0 Å². The molecule has 4 N–H and O–H groups in total. The van der Waals surface area contributed by atoms with Crippen LogP contribution in [0.2, 0.25) is 0 Å². The molecule has 0 saturated heterocycles. The lowest BCUT2D eigenvalue weighted by atomic mass is 10.1. The number of carbonyl (C=O) groups is 1. The van der Waals surface area contributed by atoms with Gasteiger partial charge in [0.1, 0.15) is 6.04 Å². The number of hydrogen-bond acceptors (Lipinski definition) is 3. The number of carbonyl (C=O) groups excluding carboxylic acids is 1. The highest BCUT2D eigenvalue weighted by molar-refractivity contribution is 6.02.